The Morgan fingerprint density at radius 1 is 1.06 bits per heavy atom. The second kappa shape index (κ2) is 9.13. The highest BCUT2D eigenvalue weighted by Gasteiger charge is 2.23. The van der Waals surface area contributed by atoms with E-state index in [1.54, 1.807) is 60.7 Å². The minimum atomic E-state index is -1.51. The quantitative estimate of drug-likeness (QED) is 0.479. The molecule has 9 heteroatoms. The van der Waals surface area contributed by atoms with Gasteiger partial charge in [-0.15, -0.1) is 11.8 Å². The number of hydrogen-bond donors (Lipinski definition) is 3. The fraction of sp³-hybridized carbons (Fsp3) is 0.0909. The van der Waals surface area contributed by atoms with Gasteiger partial charge in [0.1, 0.15) is 11.0 Å². The van der Waals surface area contributed by atoms with Gasteiger partial charge in [-0.25, -0.2) is 4.21 Å². The molecular formula is C22H18ClN3O3S2. The van der Waals surface area contributed by atoms with E-state index in [9.17, 15) is 13.8 Å². The lowest BCUT2D eigenvalue weighted by Gasteiger charge is -2.21. The monoisotopic (exact) mass is 471 g/mol. The van der Waals surface area contributed by atoms with Crippen molar-refractivity contribution in [3.8, 4) is 0 Å². The minimum absolute atomic E-state index is 0.0848. The maximum Gasteiger partial charge on any atom is 0.255 e. The van der Waals surface area contributed by atoms with Crippen molar-refractivity contribution in [1.29, 1.82) is 0 Å². The summed E-state index contributed by atoms with van der Waals surface area (Å²) in [5.74, 6) is -0.410. The third-order valence-corrected chi connectivity index (χ3v) is 7.07. The lowest BCUT2D eigenvalue weighted by molar-refractivity contribution is -0.115. The zero-order chi connectivity index (χ0) is 22.0. The van der Waals surface area contributed by atoms with Crippen LogP contribution < -0.4 is 15.4 Å². The average molecular weight is 472 g/mol. The predicted molar refractivity (Wildman–Crippen MR) is 126 cm³/mol. The second-order valence-corrected chi connectivity index (χ2v) is 9.85. The number of anilines is 3. The lowest BCUT2D eigenvalue weighted by Crippen LogP contribution is -2.26. The zero-order valence-electron chi connectivity index (χ0n) is 16.3. The Hall–Kier alpha value is -2.81. The molecule has 1 aliphatic heterocycles. The molecule has 1 aliphatic rings. The van der Waals surface area contributed by atoms with Gasteiger partial charge < -0.3 is 15.4 Å². The highest BCUT2D eigenvalue weighted by molar-refractivity contribution is 8.01. The minimum Gasteiger partial charge on any atom is -0.324 e. The van der Waals surface area contributed by atoms with E-state index in [0.717, 1.165) is 4.90 Å². The summed E-state index contributed by atoms with van der Waals surface area (Å²) in [5, 5.41) is 6.06. The molecular weight excluding hydrogens is 454 g/mol. The van der Waals surface area contributed by atoms with Crippen molar-refractivity contribution < 1.29 is 13.8 Å². The number of benzene rings is 3. The summed E-state index contributed by atoms with van der Waals surface area (Å²) >= 11 is 7.33. The van der Waals surface area contributed by atoms with Crippen LogP contribution in [0.5, 0.6) is 0 Å². The maximum absolute atomic E-state index is 12.7. The Morgan fingerprint density at radius 2 is 1.84 bits per heavy atom. The molecule has 0 saturated carbocycles. The van der Waals surface area contributed by atoms with Gasteiger partial charge in [0.25, 0.3) is 5.91 Å². The van der Waals surface area contributed by atoms with E-state index < -0.39 is 11.0 Å². The Bertz CT molecular complexity index is 1180. The van der Waals surface area contributed by atoms with Crippen molar-refractivity contribution >= 4 is 63.2 Å². The molecule has 1 heterocycles. The van der Waals surface area contributed by atoms with Crippen molar-refractivity contribution in [1.82, 2.24) is 0 Å². The van der Waals surface area contributed by atoms with E-state index in [4.69, 9.17) is 11.6 Å². The number of carbonyl (C=O) groups is 2. The number of carbonyl (C=O) groups excluding carboxylic acids is 2. The van der Waals surface area contributed by atoms with Crippen LogP contribution in [-0.2, 0) is 15.8 Å². The molecule has 3 aromatic carbocycles. The lowest BCUT2D eigenvalue weighted by atomic mass is 10.1. The summed E-state index contributed by atoms with van der Waals surface area (Å²) < 4.78 is 15.5. The zero-order valence-corrected chi connectivity index (χ0v) is 18.7. The third-order valence-electron chi connectivity index (χ3n) is 4.53. The molecule has 6 nitrogen and oxygen atoms in total. The number of thioether (sulfide) groups is 1. The number of nitrogens with one attached hydrogen (secondary N) is 3. The van der Waals surface area contributed by atoms with E-state index in [0.29, 0.717) is 32.5 Å². The number of rotatable bonds is 5. The molecule has 2 amide bonds. The molecule has 0 aromatic heterocycles. The number of halogens is 1. The molecule has 4 rings (SSSR count). The molecule has 0 spiro atoms. The summed E-state index contributed by atoms with van der Waals surface area (Å²) in [4.78, 5) is 26.1. The molecule has 0 aliphatic carbocycles. The van der Waals surface area contributed by atoms with E-state index in [2.05, 4.69) is 15.4 Å². The topological polar surface area (TPSA) is 87.3 Å². The van der Waals surface area contributed by atoms with Gasteiger partial charge in [0, 0.05) is 26.9 Å². The van der Waals surface area contributed by atoms with Crippen LogP contribution in [-0.4, -0.2) is 21.3 Å². The largest absolute Gasteiger partial charge is 0.324 e. The SMILES string of the molecule is C[C@H]1Sc2ccc(C(=O)Nc3cccc(S(=O)Nc4ccc(Cl)cc4)c3)cc2NC1=O. The van der Waals surface area contributed by atoms with Crippen LogP contribution in [0.4, 0.5) is 17.1 Å². The normalized spacial score (nSPS) is 16.1. The van der Waals surface area contributed by atoms with Gasteiger partial charge in [-0.3, -0.25) is 9.59 Å². The third kappa shape index (κ3) is 5.10. The van der Waals surface area contributed by atoms with Gasteiger partial charge >= 0.3 is 0 Å². The number of hydrogen-bond acceptors (Lipinski definition) is 4. The van der Waals surface area contributed by atoms with E-state index in [-0.39, 0.29) is 17.1 Å². The van der Waals surface area contributed by atoms with E-state index >= 15 is 0 Å². The molecule has 3 N–H and O–H groups in total. The predicted octanol–water partition coefficient (Wildman–Crippen LogP) is 5.16. The van der Waals surface area contributed by atoms with E-state index in [1.165, 1.54) is 11.8 Å². The Morgan fingerprint density at radius 3 is 2.61 bits per heavy atom. The van der Waals surface area contributed by atoms with Crippen LogP contribution in [0.15, 0.2) is 76.5 Å². The number of fused-ring (bicyclic) bond motifs is 1. The van der Waals surface area contributed by atoms with Gasteiger partial charge in [-0.05, 0) is 67.6 Å². The summed E-state index contributed by atoms with van der Waals surface area (Å²) in [6, 6.07) is 18.9. The van der Waals surface area contributed by atoms with Crippen LogP contribution in [0, 0.1) is 0 Å². The maximum atomic E-state index is 12.7. The Balaban J connectivity index is 1.47. The molecule has 158 valence electrons. The molecule has 0 radical (unpaired) electrons. The fourth-order valence-electron chi connectivity index (χ4n) is 2.93. The first kappa shape index (κ1) is 21.4. The molecule has 0 bridgehead atoms. The molecule has 0 fully saturated rings. The molecule has 3 aromatic rings. The summed E-state index contributed by atoms with van der Waals surface area (Å²) in [7, 11) is -1.51. The summed E-state index contributed by atoms with van der Waals surface area (Å²) in [5.41, 5.74) is 2.22. The van der Waals surface area contributed by atoms with Crippen LogP contribution in [0.25, 0.3) is 0 Å². The first-order chi connectivity index (χ1) is 14.9. The van der Waals surface area contributed by atoms with Crippen LogP contribution in [0.2, 0.25) is 5.02 Å². The van der Waals surface area contributed by atoms with Crippen molar-refractivity contribution in [2.75, 3.05) is 15.4 Å². The molecule has 0 saturated heterocycles. The van der Waals surface area contributed by atoms with E-state index in [1.807, 2.05) is 13.0 Å². The Labute approximate surface area is 191 Å². The van der Waals surface area contributed by atoms with Crippen molar-refractivity contribution in [3.63, 3.8) is 0 Å². The summed E-state index contributed by atoms with van der Waals surface area (Å²) in [6.07, 6.45) is 0. The van der Waals surface area contributed by atoms with Crippen molar-refractivity contribution in [3.05, 3.63) is 77.3 Å². The highest BCUT2D eigenvalue weighted by atomic mass is 35.5. The standard InChI is InChI=1S/C22H18ClN3O3S2/c1-13-21(27)25-19-11-14(5-10-20(19)30-13)22(28)24-17-3-2-4-18(12-17)31(29)26-16-8-6-15(23)7-9-16/h2-13,26H,1H3,(H,24,28)(H,25,27)/t13-,31?/m1/s1. The summed E-state index contributed by atoms with van der Waals surface area (Å²) in [6.45, 7) is 1.84. The highest BCUT2D eigenvalue weighted by Crippen LogP contribution is 2.36. The second-order valence-electron chi connectivity index (χ2n) is 6.82. The smallest absolute Gasteiger partial charge is 0.255 e. The fourth-order valence-corrected chi connectivity index (χ4v) is 4.89. The molecule has 2 atom stereocenters. The molecule has 1 unspecified atom stereocenters. The van der Waals surface area contributed by atoms with Crippen molar-refractivity contribution in [2.45, 2.75) is 22.0 Å². The molecule has 31 heavy (non-hydrogen) atoms. The van der Waals surface area contributed by atoms with Crippen molar-refractivity contribution in [2.24, 2.45) is 0 Å². The first-order valence-corrected chi connectivity index (χ1v) is 11.8. The average Bonchev–Trinajstić information content (AvgIpc) is 2.76. The Kier molecular flexibility index (Phi) is 6.31. The van der Waals surface area contributed by atoms with Gasteiger partial charge in [0.2, 0.25) is 5.91 Å². The van der Waals surface area contributed by atoms with Gasteiger partial charge in [-0.1, -0.05) is 17.7 Å². The van der Waals surface area contributed by atoms with Crippen LogP contribution >= 0.6 is 23.4 Å². The van der Waals surface area contributed by atoms with Crippen LogP contribution in [0.1, 0.15) is 17.3 Å². The van der Waals surface area contributed by atoms with Gasteiger partial charge in [-0.2, -0.15) is 0 Å². The van der Waals surface area contributed by atoms with Gasteiger partial charge in [0.05, 0.1) is 15.8 Å². The first-order valence-electron chi connectivity index (χ1n) is 9.36. The van der Waals surface area contributed by atoms with Crippen LogP contribution in [0.3, 0.4) is 0 Å². The number of amides is 2. The van der Waals surface area contributed by atoms with Gasteiger partial charge in [0.15, 0.2) is 0 Å².